The van der Waals surface area contributed by atoms with E-state index >= 15 is 0 Å². The zero-order valence-electron chi connectivity index (χ0n) is 26.5. The quantitative estimate of drug-likeness (QED) is 0.225. The van der Waals surface area contributed by atoms with Crippen molar-refractivity contribution in [1.29, 1.82) is 0 Å². The van der Waals surface area contributed by atoms with E-state index in [2.05, 4.69) is 157 Å². The summed E-state index contributed by atoms with van der Waals surface area (Å²) in [4.78, 5) is 2.26. The maximum Gasteiger partial charge on any atom is 0.494 e. The van der Waals surface area contributed by atoms with Gasteiger partial charge in [-0.2, -0.15) is 0 Å². The normalized spacial score (nSPS) is 19.9. The number of benzene rings is 4. The molecule has 2 heterocycles. The highest BCUT2D eigenvalue weighted by molar-refractivity contribution is 6.62. The van der Waals surface area contributed by atoms with Crippen LogP contribution in [0, 0.1) is 0 Å². The van der Waals surface area contributed by atoms with Gasteiger partial charge in [-0.05, 0) is 114 Å². The van der Waals surface area contributed by atoms with E-state index in [0.29, 0.717) is 0 Å². The first-order chi connectivity index (χ1) is 20.3. The van der Waals surface area contributed by atoms with E-state index < -0.39 is 14.2 Å². The molecule has 0 radical (unpaired) electrons. The van der Waals surface area contributed by atoms with Crippen LogP contribution in [0.5, 0.6) is 0 Å². The molecule has 0 aliphatic carbocycles. The van der Waals surface area contributed by atoms with Gasteiger partial charge in [0.25, 0.3) is 0 Å². The lowest BCUT2D eigenvalue weighted by atomic mass is 9.79. The van der Waals surface area contributed by atoms with Crippen molar-refractivity contribution in [3.05, 3.63) is 103 Å². The highest BCUT2D eigenvalue weighted by Crippen LogP contribution is 2.39. The predicted molar refractivity (Wildman–Crippen MR) is 178 cm³/mol. The third kappa shape index (κ3) is 5.56. The summed E-state index contributed by atoms with van der Waals surface area (Å²) in [6.45, 7) is 16.6. The Hall–Kier alpha value is -3.35. The Bertz CT molecular complexity index is 1460. The first-order valence-corrected chi connectivity index (χ1v) is 15.1. The van der Waals surface area contributed by atoms with Gasteiger partial charge < -0.3 is 23.5 Å². The average Bonchev–Trinajstić information content (AvgIpc) is 3.34. The van der Waals surface area contributed by atoms with Crippen molar-refractivity contribution in [1.82, 2.24) is 0 Å². The van der Waals surface area contributed by atoms with Gasteiger partial charge in [0.2, 0.25) is 0 Å². The van der Waals surface area contributed by atoms with Gasteiger partial charge in [0.1, 0.15) is 0 Å². The van der Waals surface area contributed by atoms with E-state index in [-0.39, 0.29) is 22.4 Å². The van der Waals surface area contributed by atoms with Crippen LogP contribution in [0.25, 0.3) is 11.1 Å². The van der Waals surface area contributed by atoms with E-state index in [1.807, 2.05) is 6.07 Å². The summed E-state index contributed by atoms with van der Waals surface area (Å²) in [7, 11) is -0.811. The van der Waals surface area contributed by atoms with Crippen LogP contribution in [-0.2, 0) is 18.6 Å². The number of hydrogen-bond donors (Lipinski definition) is 0. The second-order valence-corrected chi connectivity index (χ2v) is 13.6. The van der Waals surface area contributed by atoms with Crippen LogP contribution in [0.1, 0.15) is 55.4 Å². The third-order valence-electron chi connectivity index (χ3n) is 9.59. The zero-order chi connectivity index (χ0) is 30.6. The van der Waals surface area contributed by atoms with E-state index in [1.165, 1.54) is 11.1 Å². The second kappa shape index (κ2) is 10.7. The molecule has 0 unspecified atom stereocenters. The maximum atomic E-state index is 6.31. The Kier molecular flexibility index (Phi) is 7.37. The fourth-order valence-electron chi connectivity index (χ4n) is 5.40. The first-order valence-electron chi connectivity index (χ1n) is 15.1. The molecular weight excluding hydrogens is 532 g/mol. The van der Waals surface area contributed by atoms with Crippen molar-refractivity contribution >= 4 is 42.2 Å². The summed E-state index contributed by atoms with van der Waals surface area (Å²) in [5, 5.41) is 0. The van der Waals surface area contributed by atoms with Crippen molar-refractivity contribution in [2.24, 2.45) is 0 Å². The maximum absolute atomic E-state index is 6.31. The van der Waals surface area contributed by atoms with Crippen LogP contribution >= 0.6 is 0 Å². The Labute approximate surface area is 257 Å². The molecule has 7 heteroatoms. The predicted octanol–water partition coefficient (Wildman–Crippen LogP) is 7.42. The molecule has 43 heavy (non-hydrogen) atoms. The molecule has 0 spiro atoms. The average molecular weight is 573 g/mol. The summed E-state index contributed by atoms with van der Waals surface area (Å²) in [5.74, 6) is 0. The molecule has 0 N–H and O–H groups in total. The minimum absolute atomic E-state index is 0.387. The van der Waals surface area contributed by atoms with Gasteiger partial charge in [0.15, 0.2) is 0 Å². The number of hydrogen-bond acceptors (Lipinski definition) is 5. The minimum Gasteiger partial charge on any atom is -0.399 e. The third-order valence-corrected chi connectivity index (χ3v) is 9.59. The summed E-state index contributed by atoms with van der Waals surface area (Å²) in [5.41, 5.74) is 5.96. The molecular formula is C36H41B2NO4. The standard InChI is InChI=1S/C36H41B2NO4/c1-33(2)34(3,4)41-37(40-33)28-16-22-31(23-17-28)39(30-20-14-27(15-21-30)26-12-10-9-11-13-26)32-24-18-29(19-25-32)38-42-35(5,6)36(7,8)43-38/h9-25H,1-8H3. The molecule has 5 nitrogen and oxygen atoms in total. The lowest BCUT2D eigenvalue weighted by Crippen LogP contribution is -2.41. The van der Waals surface area contributed by atoms with Crippen LogP contribution in [0.3, 0.4) is 0 Å². The highest BCUT2D eigenvalue weighted by Gasteiger charge is 2.52. The molecule has 0 atom stereocenters. The summed E-state index contributed by atoms with van der Waals surface area (Å²) in [6, 6.07) is 36.1. The van der Waals surface area contributed by atoms with Crippen molar-refractivity contribution < 1.29 is 18.6 Å². The van der Waals surface area contributed by atoms with E-state index in [1.54, 1.807) is 0 Å². The number of anilines is 3. The first kappa shape index (κ1) is 29.7. The Balaban J connectivity index is 1.33. The fraction of sp³-hybridized carbons (Fsp3) is 0.333. The molecule has 2 saturated heterocycles. The summed E-state index contributed by atoms with van der Waals surface area (Å²) >= 11 is 0. The summed E-state index contributed by atoms with van der Waals surface area (Å²) in [6.07, 6.45) is 0. The molecule has 6 rings (SSSR count). The van der Waals surface area contributed by atoms with Crippen LogP contribution in [-0.4, -0.2) is 36.6 Å². The van der Waals surface area contributed by atoms with Gasteiger partial charge in [-0.1, -0.05) is 66.7 Å². The Morgan fingerprint density at radius 2 is 0.698 bits per heavy atom. The molecule has 220 valence electrons. The molecule has 4 aromatic carbocycles. The lowest BCUT2D eigenvalue weighted by Gasteiger charge is -2.32. The van der Waals surface area contributed by atoms with Gasteiger partial charge in [0.05, 0.1) is 22.4 Å². The van der Waals surface area contributed by atoms with Crippen LogP contribution in [0.2, 0.25) is 0 Å². The molecule has 0 aromatic heterocycles. The zero-order valence-corrected chi connectivity index (χ0v) is 26.5. The fourth-order valence-corrected chi connectivity index (χ4v) is 5.40. The minimum atomic E-state index is -0.406. The molecule has 0 amide bonds. The van der Waals surface area contributed by atoms with Crippen molar-refractivity contribution in [2.45, 2.75) is 77.8 Å². The summed E-state index contributed by atoms with van der Waals surface area (Å²) < 4.78 is 25.2. The van der Waals surface area contributed by atoms with Crippen molar-refractivity contribution in [3.63, 3.8) is 0 Å². The van der Waals surface area contributed by atoms with E-state index in [4.69, 9.17) is 18.6 Å². The van der Waals surface area contributed by atoms with Crippen molar-refractivity contribution in [3.8, 4) is 11.1 Å². The molecule has 2 aliphatic heterocycles. The van der Waals surface area contributed by atoms with E-state index in [0.717, 1.165) is 28.0 Å². The van der Waals surface area contributed by atoms with Gasteiger partial charge in [-0.15, -0.1) is 0 Å². The Morgan fingerprint density at radius 3 is 1.05 bits per heavy atom. The monoisotopic (exact) mass is 573 g/mol. The van der Waals surface area contributed by atoms with Gasteiger partial charge >= 0.3 is 14.2 Å². The van der Waals surface area contributed by atoms with Gasteiger partial charge in [-0.3, -0.25) is 0 Å². The molecule has 0 saturated carbocycles. The van der Waals surface area contributed by atoms with Crippen LogP contribution < -0.4 is 15.8 Å². The van der Waals surface area contributed by atoms with Gasteiger partial charge in [0, 0.05) is 17.1 Å². The van der Waals surface area contributed by atoms with Gasteiger partial charge in [-0.25, -0.2) is 0 Å². The molecule has 0 bridgehead atoms. The number of nitrogens with zero attached hydrogens (tertiary/aromatic N) is 1. The lowest BCUT2D eigenvalue weighted by molar-refractivity contribution is 0.00578. The Morgan fingerprint density at radius 1 is 0.395 bits per heavy atom. The highest BCUT2D eigenvalue weighted by atomic mass is 16.7. The topological polar surface area (TPSA) is 40.2 Å². The van der Waals surface area contributed by atoms with Crippen LogP contribution in [0.15, 0.2) is 103 Å². The number of rotatable bonds is 6. The molecule has 2 aliphatic rings. The van der Waals surface area contributed by atoms with E-state index in [9.17, 15) is 0 Å². The van der Waals surface area contributed by atoms with Crippen LogP contribution in [0.4, 0.5) is 17.1 Å². The largest absolute Gasteiger partial charge is 0.494 e. The molecule has 4 aromatic rings. The second-order valence-electron chi connectivity index (χ2n) is 13.6. The van der Waals surface area contributed by atoms with Crippen molar-refractivity contribution in [2.75, 3.05) is 4.90 Å². The smallest absolute Gasteiger partial charge is 0.399 e. The molecule has 2 fully saturated rings. The SMILES string of the molecule is CC1(C)OB(c2ccc(N(c3ccc(B4OC(C)(C)C(C)(C)O4)cc3)c3ccc(-c4ccccc4)cc3)cc2)OC1(C)C.